The van der Waals surface area contributed by atoms with Crippen LogP contribution in [0.25, 0.3) is 0 Å². The normalized spacial score (nSPS) is 18.0. The Labute approximate surface area is 133 Å². The summed E-state index contributed by atoms with van der Waals surface area (Å²) >= 11 is 0. The van der Waals surface area contributed by atoms with E-state index in [1.165, 1.54) is 6.20 Å². The van der Waals surface area contributed by atoms with Crippen LogP contribution in [0.15, 0.2) is 6.20 Å². The van der Waals surface area contributed by atoms with Crippen LogP contribution >= 0.6 is 0 Å². The lowest BCUT2D eigenvalue weighted by molar-refractivity contribution is 0.266. The molecular formula is C14H18N8O. The summed E-state index contributed by atoms with van der Waals surface area (Å²) in [5.41, 5.74) is 6.06. The van der Waals surface area contributed by atoms with Gasteiger partial charge < -0.3 is 20.3 Å². The molecule has 23 heavy (non-hydrogen) atoms. The van der Waals surface area contributed by atoms with E-state index >= 15 is 0 Å². The van der Waals surface area contributed by atoms with Crippen molar-refractivity contribution in [1.82, 2.24) is 24.7 Å². The zero-order chi connectivity index (χ0) is 16.4. The number of nitrogens with zero attached hydrogens (tertiary/aromatic N) is 7. The summed E-state index contributed by atoms with van der Waals surface area (Å²) in [4.78, 5) is 10.5. The zero-order valence-electron chi connectivity index (χ0n) is 12.8. The molecule has 0 spiro atoms. The Bertz CT molecular complexity index is 750. The molecule has 120 valence electrons. The maximum Gasteiger partial charge on any atom is 0.227 e. The largest absolute Gasteiger partial charge is 0.388 e. The molecule has 1 atom stereocenters. The van der Waals surface area contributed by atoms with Gasteiger partial charge in [-0.3, -0.25) is 0 Å². The molecule has 0 amide bonds. The van der Waals surface area contributed by atoms with Gasteiger partial charge in [0.25, 0.3) is 0 Å². The third-order valence-corrected chi connectivity index (χ3v) is 4.14. The second-order valence-corrected chi connectivity index (χ2v) is 5.56. The molecule has 0 aromatic carbocycles. The van der Waals surface area contributed by atoms with Gasteiger partial charge in [-0.15, -0.1) is 10.2 Å². The highest BCUT2D eigenvalue weighted by atomic mass is 16.3. The number of hydrogen-bond acceptors (Lipinski definition) is 8. The predicted octanol–water partition coefficient (Wildman–Crippen LogP) is -0.0647. The Hall–Kier alpha value is -2.73. The molecule has 1 fully saturated rings. The van der Waals surface area contributed by atoms with Crippen molar-refractivity contribution in [3.8, 4) is 6.07 Å². The van der Waals surface area contributed by atoms with Gasteiger partial charge in [-0.05, 0) is 12.8 Å². The van der Waals surface area contributed by atoms with Crippen molar-refractivity contribution in [2.75, 3.05) is 23.7 Å². The first-order valence-electron chi connectivity index (χ1n) is 7.40. The Morgan fingerprint density at radius 3 is 2.96 bits per heavy atom. The molecule has 0 radical (unpaired) electrons. The smallest absolute Gasteiger partial charge is 0.227 e. The van der Waals surface area contributed by atoms with Crippen molar-refractivity contribution < 1.29 is 5.11 Å². The quantitative estimate of drug-likeness (QED) is 0.805. The number of rotatable bonds is 3. The molecule has 2 aromatic heterocycles. The van der Waals surface area contributed by atoms with Gasteiger partial charge in [0, 0.05) is 26.1 Å². The molecule has 0 bridgehead atoms. The van der Waals surface area contributed by atoms with Gasteiger partial charge in [0.15, 0.2) is 5.82 Å². The number of nitrogen functional groups attached to an aromatic ring is 1. The molecule has 1 saturated heterocycles. The number of aromatic nitrogens is 5. The topological polar surface area (TPSA) is 130 Å². The molecule has 1 aliphatic rings. The number of nitrogens with two attached hydrogens (primary N) is 1. The summed E-state index contributed by atoms with van der Waals surface area (Å²) < 4.78 is 1.84. The fraction of sp³-hybridized carbons (Fsp3) is 0.500. The van der Waals surface area contributed by atoms with Gasteiger partial charge >= 0.3 is 0 Å². The van der Waals surface area contributed by atoms with E-state index in [0.717, 1.165) is 25.2 Å². The van der Waals surface area contributed by atoms with Crippen LogP contribution in [-0.2, 0) is 13.7 Å². The van der Waals surface area contributed by atoms with E-state index < -0.39 is 0 Å². The van der Waals surface area contributed by atoms with Crippen LogP contribution in [0.3, 0.4) is 0 Å². The third kappa shape index (κ3) is 2.80. The lowest BCUT2D eigenvalue weighted by atomic mass is 9.97. The van der Waals surface area contributed by atoms with Gasteiger partial charge in [-0.25, -0.2) is 4.98 Å². The highest BCUT2D eigenvalue weighted by molar-refractivity contribution is 5.50. The van der Waals surface area contributed by atoms with E-state index in [4.69, 9.17) is 11.0 Å². The lowest BCUT2D eigenvalue weighted by Crippen LogP contribution is -2.36. The molecule has 3 N–H and O–H groups in total. The van der Waals surface area contributed by atoms with E-state index in [-0.39, 0.29) is 23.9 Å². The van der Waals surface area contributed by atoms with Crippen LogP contribution in [0, 0.1) is 11.3 Å². The highest BCUT2D eigenvalue weighted by Crippen LogP contribution is 2.28. The molecule has 3 heterocycles. The predicted molar refractivity (Wildman–Crippen MR) is 82.3 cm³/mol. The second kappa shape index (κ2) is 6.18. The minimum atomic E-state index is -0.130. The number of hydrogen-bond donors (Lipinski definition) is 2. The summed E-state index contributed by atoms with van der Waals surface area (Å²) in [5, 5.41) is 26.4. The van der Waals surface area contributed by atoms with E-state index in [1.807, 2.05) is 22.6 Å². The Kier molecular flexibility index (Phi) is 4.08. The first-order chi connectivity index (χ1) is 11.1. The Morgan fingerprint density at radius 2 is 2.30 bits per heavy atom. The number of aliphatic hydroxyl groups is 1. The average molecular weight is 314 g/mol. The Balaban J connectivity index is 1.82. The van der Waals surface area contributed by atoms with Crippen LogP contribution < -0.4 is 10.6 Å². The van der Waals surface area contributed by atoms with Crippen molar-refractivity contribution in [2.24, 2.45) is 7.05 Å². The van der Waals surface area contributed by atoms with Gasteiger partial charge in [0.2, 0.25) is 5.95 Å². The van der Waals surface area contributed by atoms with E-state index in [1.54, 1.807) is 0 Å². The fourth-order valence-electron chi connectivity index (χ4n) is 2.86. The maximum absolute atomic E-state index is 9.25. The Morgan fingerprint density at radius 1 is 1.48 bits per heavy atom. The summed E-state index contributed by atoms with van der Waals surface area (Å²) in [7, 11) is 1.86. The van der Waals surface area contributed by atoms with E-state index in [0.29, 0.717) is 18.3 Å². The maximum atomic E-state index is 9.25. The third-order valence-electron chi connectivity index (χ3n) is 4.14. The molecule has 1 aliphatic heterocycles. The molecule has 0 saturated carbocycles. The molecule has 2 aromatic rings. The summed E-state index contributed by atoms with van der Waals surface area (Å²) in [6, 6.07) is 1.96. The fourth-order valence-corrected chi connectivity index (χ4v) is 2.86. The van der Waals surface area contributed by atoms with Gasteiger partial charge in [-0.2, -0.15) is 10.2 Å². The summed E-state index contributed by atoms with van der Waals surface area (Å²) in [5.74, 6) is 2.30. The SMILES string of the molecule is Cn1c(CO)nnc1[C@@H]1CCCN(c2ncc(C#N)c(N)n2)C1. The van der Waals surface area contributed by atoms with Crippen LogP contribution in [-0.4, -0.2) is 42.9 Å². The van der Waals surface area contributed by atoms with Crippen molar-refractivity contribution in [3.63, 3.8) is 0 Å². The van der Waals surface area contributed by atoms with Gasteiger partial charge in [0.1, 0.15) is 29.9 Å². The van der Waals surface area contributed by atoms with Crippen LogP contribution in [0.2, 0.25) is 0 Å². The van der Waals surface area contributed by atoms with Gasteiger partial charge in [-0.1, -0.05) is 0 Å². The average Bonchev–Trinajstić information content (AvgIpc) is 2.95. The van der Waals surface area contributed by atoms with Crippen molar-refractivity contribution in [1.29, 1.82) is 5.26 Å². The monoisotopic (exact) mass is 314 g/mol. The number of piperidine rings is 1. The summed E-state index contributed by atoms with van der Waals surface area (Å²) in [6.45, 7) is 1.39. The van der Waals surface area contributed by atoms with Crippen LogP contribution in [0.5, 0.6) is 0 Å². The molecule has 9 nitrogen and oxygen atoms in total. The minimum Gasteiger partial charge on any atom is -0.388 e. The van der Waals surface area contributed by atoms with Crippen molar-refractivity contribution in [2.45, 2.75) is 25.4 Å². The molecule has 0 aliphatic carbocycles. The van der Waals surface area contributed by atoms with Crippen molar-refractivity contribution >= 4 is 11.8 Å². The van der Waals surface area contributed by atoms with Crippen LogP contribution in [0.1, 0.15) is 36.0 Å². The standard InChI is InChI=1S/C14H18N8O/c1-21-11(8-23)19-20-13(21)9-3-2-4-22(7-9)14-17-6-10(5-15)12(16)18-14/h6,9,23H,2-4,7-8H2,1H3,(H2,16,17,18)/t9-/m1/s1. The highest BCUT2D eigenvalue weighted by Gasteiger charge is 2.27. The van der Waals surface area contributed by atoms with Crippen LogP contribution in [0.4, 0.5) is 11.8 Å². The molecule has 3 rings (SSSR count). The lowest BCUT2D eigenvalue weighted by Gasteiger charge is -2.32. The molecule has 0 unspecified atom stereocenters. The van der Waals surface area contributed by atoms with Crippen molar-refractivity contribution in [3.05, 3.63) is 23.4 Å². The number of anilines is 2. The molecular weight excluding hydrogens is 296 g/mol. The van der Waals surface area contributed by atoms with E-state index in [2.05, 4.69) is 20.2 Å². The second-order valence-electron chi connectivity index (χ2n) is 5.56. The molecule has 9 heteroatoms. The minimum absolute atomic E-state index is 0.130. The zero-order valence-corrected chi connectivity index (χ0v) is 12.8. The first kappa shape index (κ1) is 15.2. The van der Waals surface area contributed by atoms with Gasteiger partial charge in [0.05, 0.1) is 6.20 Å². The number of aliphatic hydroxyl groups excluding tert-OH is 1. The number of nitriles is 1. The first-order valence-corrected chi connectivity index (χ1v) is 7.40. The summed E-state index contributed by atoms with van der Waals surface area (Å²) in [6.07, 6.45) is 3.41. The van der Waals surface area contributed by atoms with E-state index in [9.17, 15) is 5.11 Å².